The van der Waals surface area contributed by atoms with Crippen LogP contribution in [0.3, 0.4) is 0 Å². The van der Waals surface area contributed by atoms with Crippen LogP contribution in [0, 0.1) is 0 Å². The molecule has 31 heavy (non-hydrogen) atoms. The first kappa shape index (κ1) is 21.1. The first-order chi connectivity index (χ1) is 15.0. The van der Waals surface area contributed by atoms with Gasteiger partial charge in [-0.25, -0.2) is 0 Å². The number of carbonyl (C=O) groups excluding carboxylic acids is 1. The number of methoxy groups -OCH3 is 3. The van der Waals surface area contributed by atoms with Gasteiger partial charge in [0.05, 0.1) is 27.9 Å². The summed E-state index contributed by atoms with van der Waals surface area (Å²) in [7, 11) is 4.79. The minimum Gasteiger partial charge on any atom is -0.496 e. The van der Waals surface area contributed by atoms with Crippen molar-refractivity contribution < 1.29 is 19.0 Å². The summed E-state index contributed by atoms with van der Waals surface area (Å²) in [6, 6.07) is 15.9. The summed E-state index contributed by atoms with van der Waals surface area (Å²) in [4.78, 5) is 14.9. The van der Waals surface area contributed by atoms with Crippen LogP contribution >= 0.6 is 11.6 Å². The van der Waals surface area contributed by atoms with Gasteiger partial charge in [-0.05, 0) is 28.5 Å². The summed E-state index contributed by atoms with van der Waals surface area (Å²) in [6.07, 6.45) is 0.275. The van der Waals surface area contributed by atoms with Crippen molar-refractivity contribution in [3.05, 3.63) is 71.3 Å². The molecule has 0 radical (unpaired) electrons. The highest BCUT2D eigenvalue weighted by Crippen LogP contribution is 2.48. The molecule has 3 aromatic rings. The Labute approximate surface area is 186 Å². The van der Waals surface area contributed by atoms with Crippen molar-refractivity contribution in [2.45, 2.75) is 12.3 Å². The molecule has 160 valence electrons. The number of nitrogens with zero attached hydrogens (tertiary/aromatic N) is 1. The van der Waals surface area contributed by atoms with Gasteiger partial charge >= 0.3 is 0 Å². The van der Waals surface area contributed by atoms with E-state index >= 15 is 0 Å². The van der Waals surface area contributed by atoms with E-state index in [4.69, 9.17) is 25.8 Å². The van der Waals surface area contributed by atoms with Gasteiger partial charge in [-0.1, -0.05) is 48.5 Å². The maximum Gasteiger partial charge on any atom is 0.228 e. The summed E-state index contributed by atoms with van der Waals surface area (Å²) < 4.78 is 16.7. The van der Waals surface area contributed by atoms with Gasteiger partial charge in [-0.3, -0.25) is 4.79 Å². The van der Waals surface area contributed by atoms with Gasteiger partial charge in [0.15, 0.2) is 11.5 Å². The first-order valence-electron chi connectivity index (χ1n) is 9.93. The highest BCUT2D eigenvalue weighted by molar-refractivity contribution is 6.30. The molecule has 0 N–H and O–H groups in total. The molecular weight excluding hydrogens is 414 g/mol. The second kappa shape index (κ2) is 8.52. The molecule has 0 aliphatic carbocycles. The second-order valence-corrected chi connectivity index (χ2v) is 7.96. The van der Waals surface area contributed by atoms with E-state index in [1.54, 1.807) is 32.3 Å². The molecule has 1 aliphatic heterocycles. The average molecular weight is 438 g/mol. The Morgan fingerprint density at radius 1 is 1.03 bits per heavy atom. The predicted octanol–water partition coefficient (Wildman–Crippen LogP) is 5.49. The van der Waals surface area contributed by atoms with E-state index in [2.05, 4.69) is 18.7 Å². The Hall–Kier alpha value is -3.18. The molecular formula is C25H24ClNO4. The van der Waals surface area contributed by atoms with Crippen molar-refractivity contribution in [1.82, 2.24) is 0 Å². The van der Waals surface area contributed by atoms with Crippen molar-refractivity contribution in [1.29, 1.82) is 0 Å². The molecule has 1 heterocycles. The summed E-state index contributed by atoms with van der Waals surface area (Å²) in [5, 5.41) is 2.60. The quantitative estimate of drug-likeness (QED) is 0.511. The Kier molecular flexibility index (Phi) is 5.79. The lowest BCUT2D eigenvalue weighted by atomic mass is 9.80. The molecule has 1 atom stereocenters. The Bertz CT molecular complexity index is 1170. The van der Waals surface area contributed by atoms with E-state index < -0.39 is 0 Å². The van der Waals surface area contributed by atoms with Crippen LogP contribution in [0.25, 0.3) is 10.8 Å². The van der Waals surface area contributed by atoms with Gasteiger partial charge in [0.1, 0.15) is 5.75 Å². The van der Waals surface area contributed by atoms with Crippen molar-refractivity contribution in [3.8, 4) is 17.2 Å². The number of ether oxygens (including phenoxy) is 3. The summed E-state index contributed by atoms with van der Waals surface area (Å²) in [5.74, 6) is 1.56. The number of anilines is 1. The van der Waals surface area contributed by atoms with Crippen LogP contribution in [-0.2, 0) is 4.79 Å². The van der Waals surface area contributed by atoms with E-state index in [0.29, 0.717) is 22.3 Å². The van der Waals surface area contributed by atoms with Crippen LogP contribution in [0.1, 0.15) is 23.5 Å². The van der Waals surface area contributed by atoms with E-state index in [1.165, 1.54) is 0 Å². The van der Waals surface area contributed by atoms with Crippen molar-refractivity contribution in [3.63, 3.8) is 0 Å². The molecule has 1 aliphatic rings. The number of rotatable bonds is 6. The Morgan fingerprint density at radius 2 is 1.71 bits per heavy atom. The van der Waals surface area contributed by atoms with Gasteiger partial charge in [-0.15, -0.1) is 0 Å². The highest BCUT2D eigenvalue weighted by Gasteiger charge is 2.35. The van der Waals surface area contributed by atoms with Crippen molar-refractivity contribution in [2.24, 2.45) is 0 Å². The van der Waals surface area contributed by atoms with Gasteiger partial charge in [0.25, 0.3) is 0 Å². The maximum atomic E-state index is 13.2. The van der Waals surface area contributed by atoms with Crippen LogP contribution < -0.4 is 19.1 Å². The third-order valence-corrected chi connectivity index (χ3v) is 5.83. The molecule has 0 fully saturated rings. The van der Waals surface area contributed by atoms with E-state index in [0.717, 1.165) is 27.6 Å². The van der Waals surface area contributed by atoms with Crippen LogP contribution in [-0.4, -0.2) is 33.8 Å². The number of amides is 1. The maximum absolute atomic E-state index is 13.2. The molecule has 0 bridgehead atoms. The fourth-order valence-electron chi connectivity index (χ4n) is 4.34. The standard InChI is InChI=1S/C25H24ClNO4/c1-15(26)14-27-20-10-9-16-7-5-6-8-17(16)25(20)19(12-24(27)28)18-11-22(30-3)23(31-4)13-21(18)29-2/h5-11,13,19H,1,12,14H2,2-4H3. The number of hydrogen-bond acceptors (Lipinski definition) is 4. The van der Waals surface area contributed by atoms with Crippen molar-refractivity contribution in [2.75, 3.05) is 32.8 Å². The highest BCUT2D eigenvalue weighted by atomic mass is 35.5. The SMILES string of the molecule is C=C(Cl)CN1C(=O)CC(c2cc(OC)c(OC)cc2OC)c2c1ccc1ccccc21. The van der Waals surface area contributed by atoms with Crippen LogP contribution in [0.4, 0.5) is 5.69 Å². The Balaban J connectivity index is 2.00. The minimum absolute atomic E-state index is 0.0218. The third kappa shape index (κ3) is 3.70. The normalized spacial score (nSPS) is 15.5. The number of benzene rings is 3. The molecule has 1 unspecified atom stereocenters. The number of carbonyl (C=O) groups is 1. The van der Waals surface area contributed by atoms with Crippen LogP contribution in [0.2, 0.25) is 0 Å². The van der Waals surface area contributed by atoms with E-state index in [-0.39, 0.29) is 24.8 Å². The smallest absolute Gasteiger partial charge is 0.228 e. The lowest BCUT2D eigenvalue weighted by Crippen LogP contribution is -2.38. The first-order valence-corrected chi connectivity index (χ1v) is 10.3. The number of fused-ring (bicyclic) bond motifs is 3. The van der Waals surface area contributed by atoms with Crippen LogP contribution in [0.5, 0.6) is 17.2 Å². The van der Waals surface area contributed by atoms with Gasteiger partial charge < -0.3 is 19.1 Å². The van der Waals surface area contributed by atoms with E-state index in [1.807, 2.05) is 30.3 Å². The third-order valence-electron chi connectivity index (χ3n) is 5.71. The molecule has 5 nitrogen and oxygen atoms in total. The predicted molar refractivity (Wildman–Crippen MR) is 124 cm³/mol. The molecule has 0 saturated carbocycles. The fraction of sp³-hybridized carbons (Fsp3) is 0.240. The molecule has 3 aromatic carbocycles. The second-order valence-electron chi connectivity index (χ2n) is 7.42. The molecule has 0 saturated heterocycles. The fourth-order valence-corrected chi connectivity index (χ4v) is 4.46. The summed E-state index contributed by atoms with van der Waals surface area (Å²) >= 11 is 6.10. The zero-order valence-corrected chi connectivity index (χ0v) is 18.5. The van der Waals surface area contributed by atoms with Gasteiger partial charge in [0.2, 0.25) is 5.91 Å². The van der Waals surface area contributed by atoms with Crippen LogP contribution in [0.15, 0.2) is 60.1 Å². The van der Waals surface area contributed by atoms with E-state index in [9.17, 15) is 4.79 Å². The largest absolute Gasteiger partial charge is 0.496 e. The molecule has 0 spiro atoms. The van der Waals surface area contributed by atoms with Crippen molar-refractivity contribution >= 4 is 34.0 Å². The zero-order valence-electron chi connectivity index (χ0n) is 17.8. The monoisotopic (exact) mass is 437 g/mol. The molecule has 1 amide bonds. The summed E-state index contributed by atoms with van der Waals surface area (Å²) in [6.45, 7) is 4.05. The summed E-state index contributed by atoms with van der Waals surface area (Å²) in [5.41, 5.74) is 2.76. The molecule has 0 aromatic heterocycles. The molecule has 4 rings (SSSR count). The number of hydrogen-bond donors (Lipinski definition) is 0. The number of halogens is 1. The lowest BCUT2D eigenvalue weighted by molar-refractivity contribution is -0.119. The van der Waals surface area contributed by atoms with Gasteiger partial charge in [-0.2, -0.15) is 0 Å². The zero-order chi connectivity index (χ0) is 22.1. The topological polar surface area (TPSA) is 48.0 Å². The minimum atomic E-state index is -0.219. The Morgan fingerprint density at radius 3 is 2.39 bits per heavy atom. The average Bonchev–Trinajstić information content (AvgIpc) is 2.79. The molecule has 6 heteroatoms. The van der Waals surface area contributed by atoms with Gasteiger partial charge in [0, 0.05) is 34.7 Å². The lowest BCUT2D eigenvalue weighted by Gasteiger charge is -2.35.